The Balaban J connectivity index is 2.22. The van der Waals surface area contributed by atoms with E-state index in [4.69, 9.17) is 0 Å². The molecule has 2 aromatic carbocycles. The van der Waals surface area contributed by atoms with Gasteiger partial charge < -0.3 is 15.3 Å². The fourth-order valence-corrected chi connectivity index (χ4v) is 2.18. The summed E-state index contributed by atoms with van der Waals surface area (Å²) >= 11 is 1.59. The van der Waals surface area contributed by atoms with E-state index < -0.39 is 5.75 Å². The first kappa shape index (κ1) is 15.0. The Labute approximate surface area is 126 Å². The van der Waals surface area contributed by atoms with Crippen molar-refractivity contribution in [1.82, 2.24) is 0 Å². The maximum absolute atomic E-state index is 12.0. The van der Waals surface area contributed by atoms with Gasteiger partial charge in [0.05, 0.1) is 0 Å². The third kappa shape index (κ3) is 3.58. The predicted molar refractivity (Wildman–Crippen MR) is 83.0 cm³/mol. The first-order valence-electron chi connectivity index (χ1n) is 6.12. The number of thioether (sulfide) groups is 1. The summed E-state index contributed by atoms with van der Waals surface area (Å²) in [6.45, 7) is 0. The number of hydrogen-bond acceptors (Lipinski definition) is 5. The number of phenolic OH excluding ortho intramolecular Hbond substituents is 3. The Morgan fingerprint density at radius 2 is 1.76 bits per heavy atom. The molecule has 0 radical (unpaired) electrons. The molecule has 21 heavy (non-hydrogen) atoms. The van der Waals surface area contributed by atoms with Gasteiger partial charge in [0.25, 0.3) is 0 Å². The molecule has 0 aromatic heterocycles. The lowest BCUT2D eigenvalue weighted by Gasteiger charge is -2.03. The number of ketones is 1. The molecule has 0 aliphatic rings. The summed E-state index contributed by atoms with van der Waals surface area (Å²) in [7, 11) is 0. The predicted octanol–water partition coefficient (Wildman–Crippen LogP) is 3.42. The zero-order chi connectivity index (χ0) is 15.4. The third-order valence-corrected chi connectivity index (χ3v) is 3.64. The summed E-state index contributed by atoms with van der Waals surface area (Å²) in [5, 5.41) is 28.4. The number of carbonyl (C=O) groups is 1. The second kappa shape index (κ2) is 6.37. The highest BCUT2D eigenvalue weighted by Crippen LogP contribution is 2.33. The molecule has 0 saturated heterocycles. The third-order valence-electron chi connectivity index (χ3n) is 2.89. The van der Waals surface area contributed by atoms with Crippen LogP contribution in [0.4, 0.5) is 0 Å². The van der Waals surface area contributed by atoms with Crippen molar-refractivity contribution in [2.75, 3.05) is 6.26 Å². The minimum atomic E-state index is -0.438. The van der Waals surface area contributed by atoms with Crippen LogP contribution >= 0.6 is 11.8 Å². The van der Waals surface area contributed by atoms with Crippen molar-refractivity contribution >= 4 is 23.6 Å². The molecule has 2 rings (SSSR count). The van der Waals surface area contributed by atoms with Crippen LogP contribution in [0.25, 0.3) is 6.08 Å². The Bertz CT molecular complexity index is 690. The quantitative estimate of drug-likeness (QED) is 0.265. The Kier molecular flexibility index (Phi) is 4.55. The SMILES string of the molecule is CSc1ccc(C(=O)/C=C/c2cc(O)cc(O)c2O)cc1. The molecule has 0 bridgehead atoms. The molecule has 0 aliphatic carbocycles. The van der Waals surface area contributed by atoms with Gasteiger partial charge >= 0.3 is 0 Å². The van der Waals surface area contributed by atoms with Crippen molar-refractivity contribution in [2.24, 2.45) is 0 Å². The van der Waals surface area contributed by atoms with E-state index in [0.29, 0.717) is 5.56 Å². The van der Waals surface area contributed by atoms with Crippen LogP contribution in [-0.2, 0) is 0 Å². The maximum Gasteiger partial charge on any atom is 0.185 e. The summed E-state index contributed by atoms with van der Waals surface area (Å²) in [4.78, 5) is 13.1. The van der Waals surface area contributed by atoms with Crippen molar-refractivity contribution in [2.45, 2.75) is 4.90 Å². The Morgan fingerprint density at radius 1 is 1.10 bits per heavy atom. The van der Waals surface area contributed by atoms with E-state index in [9.17, 15) is 20.1 Å². The standard InChI is InChI=1S/C16H14O4S/c1-21-13-5-2-10(3-6-13)14(18)7-4-11-8-12(17)9-15(19)16(11)20/h2-9,17,19-20H,1H3/b7-4+. The van der Waals surface area contributed by atoms with Crippen LogP contribution in [0.1, 0.15) is 15.9 Å². The molecule has 0 unspecified atom stereocenters. The molecular weight excluding hydrogens is 288 g/mol. The molecular formula is C16H14O4S. The fourth-order valence-electron chi connectivity index (χ4n) is 1.77. The van der Waals surface area contributed by atoms with Gasteiger partial charge in [-0.05, 0) is 48.7 Å². The smallest absolute Gasteiger partial charge is 0.185 e. The first-order chi connectivity index (χ1) is 10.0. The van der Waals surface area contributed by atoms with E-state index in [1.807, 2.05) is 18.4 Å². The highest BCUT2D eigenvalue weighted by Gasteiger charge is 2.07. The highest BCUT2D eigenvalue weighted by atomic mass is 32.2. The summed E-state index contributed by atoms with van der Waals surface area (Å²) < 4.78 is 0. The van der Waals surface area contributed by atoms with E-state index in [0.717, 1.165) is 11.0 Å². The lowest BCUT2D eigenvalue weighted by molar-refractivity contribution is 0.104. The molecule has 2 aromatic rings. The van der Waals surface area contributed by atoms with Gasteiger partial charge in [0.15, 0.2) is 17.3 Å². The van der Waals surface area contributed by atoms with Crippen molar-refractivity contribution in [3.8, 4) is 17.2 Å². The normalized spacial score (nSPS) is 10.9. The highest BCUT2D eigenvalue weighted by molar-refractivity contribution is 7.98. The van der Waals surface area contributed by atoms with E-state index in [1.54, 1.807) is 23.9 Å². The molecule has 4 nitrogen and oxygen atoms in total. The van der Waals surface area contributed by atoms with Crippen LogP contribution in [-0.4, -0.2) is 27.4 Å². The molecule has 0 heterocycles. The number of aromatic hydroxyl groups is 3. The van der Waals surface area contributed by atoms with E-state index in [2.05, 4.69) is 0 Å². The number of rotatable bonds is 4. The number of phenols is 3. The zero-order valence-electron chi connectivity index (χ0n) is 11.3. The second-order valence-electron chi connectivity index (χ2n) is 4.33. The minimum Gasteiger partial charge on any atom is -0.508 e. The first-order valence-corrected chi connectivity index (χ1v) is 7.35. The molecule has 0 spiro atoms. The molecule has 5 heteroatoms. The van der Waals surface area contributed by atoms with Crippen LogP contribution in [0.15, 0.2) is 47.4 Å². The summed E-state index contributed by atoms with van der Waals surface area (Å²) in [6.07, 6.45) is 4.58. The van der Waals surface area contributed by atoms with Crippen molar-refractivity contribution in [1.29, 1.82) is 0 Å². The van der Waals surface area contributed by atoms with E-state index >= 15 is 0 Å². The van der Waals surface area contributed by atoms with Gasteiger partial charge in [0.1, 0.15) is 5.75 Å². The van der Waals surface area contributed by atoms with Crippen molar-refractivity contribution in [3.05, 3.63) is 53.6 Å². The molecule has 3 N–H and O–H groups in total. The average Bonchev–Trinajstić information content (AvgIpc) is 2.49. The van der Waals surface area contributed by atoms with Crippen LogP contribution < -0.4 is 0 Å². The van der Waals surface area contributed by atoms with E-state index in [-0.39, 0.29) is 22.8 Å². The monoisotopic (exact) mass is 302 g/mol. The van der Waals surface area contributed by atoms with Crippen molar-refractivity contribution in [3.63, 3.8) is 0 Å². The van der Waals surface area contributed by atoms with Crippen LogP contribution in [0.3, 0.4) is 0 Å². The van der Waals surface area contributed by atoms with Gasteiger partial charge in [-0.2, -0.15) is 0 Å². The molecule has 0 amide bonds. The molecule has 0 saturated carbocycles. The number of carbonyl (C=O) groups excluding carboxylic acids is 1. The number of allylic oxidation sites excluding steroid dienone is 1. The van der Waals surface area contributed by atoms with Crippen LogP contribution in [0, 0.1) is 0 Å². The minimum absolute atomic E-state index is 0.168. The summed E-state index contributed by atoms with van der Waals surface area (Å²) in [5.41, 5.74) is 0.689. The topological polar surface area (TPSA) is 77.8 Å². The fraction of sp³-hybridized carbons (Fsp3) is 0.0625. The van der Waals surface area contributed by atoms with Crippen LogP contribution in [0.2, 0.25) is 0 Å². The number of benzene rings is 2. The lowest BCUT2D eigenvalue weighted by Crippen LogP contribution is -1.93. The molecule has 0 fully saturated rings. The molecule has 108 valence electrons. The number of hydrogen-bond donors (Lipinski definition) is 3. The maximum atomic E-state index is 12.0. The average molecular weight is 302 g/mol. The summed E-state index contributed by atoms with van der Waals surface area (Å²) in [5.74, 6) is -1.24. The van der Waals surface area contributed by atoms with Crippen LogP contribution in [0.5, 0.6) is 17.2 Å². The molecule has 0 atom stereocenters. The van der Waals surface area contributed by atoms with E-state index in [1.165, 1.54) is 18.2 Å². The van der Waals surface area contributed by atoms with Gasteiger partial charge in [-0.1, -0.05) is 0 Å². The lowest BCUT2D eigenvalue weighted by atomic mass is 10.1. The molecule has 0 aliphatic heterocycles. The van der Waals surface area contributed by atoms with Crippen molar-refractivity contribution < 1.29 is 20.1 Å². The Morgan fingerprint density at radius 3 is 2.38 bits per heavy atom. The second-order valence-corrected chi connectivity index (χ2v) is 5.21. The zero-order valence-corrected chi connectivity index (χ0v) is 12.1. The van der Waals surface area contributed by atoms with Gasteiger partial charge in [-0.15, -0.1) is 11.8 Å². The largest absolute Gasteiger partial charge is 0.508 e. The summed E-state index contributed by atoms with van der Waals surface area (Å²) in [6, 6.07) is 9.43. The van der Waals surface area contributed by atoms with Gasteiger partial charge in [0, 0.05) is 22.1 Å². The van der Waals surface area contributed by atoms with Gasteiger partial charge in [0.2, 0.25) is 0 Å². The van der Waals surface area contributed by atoms with Gasteiger partial charge in [-0.3, -0.25) is 4.79 Å². The van der Waals surface area contributed by atoms with Gasteiger partial charge in [-0.25, -0.2) is 0 Å². The Hall–Kier alpha value is -2.40.